The van der Waals surface area contributed by atoms with Crippen LogP contribution in [0.1, 0.15) is 11.1 Å². The van der Waals surface area contributed by atoms with Crippen molar-refractivity contribution in [3.8, 4) is 0 Å². The van der Waals surface area contributed by atoms with E-state index in [2.05, 4.69) is 4.98 Å². The number of pyridine rings is 1. The summed E-state index contributed by atoms with van der Waals surface area (Å²) in [6.07, 6.45) is 3.35. The Bertz CT molecular complexity index is 603. The van der Waals surface area contributed by atoms with Crippen molar-refractivity contribution in [3.63, 3.8) is 0 Å². The lowest BCUT2D eigenvalue weighted by molar-refractivity contribution is -0.133. The molecule has 1 aromatic heterocycles. The van der Waals surface area contributed by atoms with Crippen LogP contribution in [0.2, 0.25) is 0 Å². The second kappa shape index (κ2) is 4.45. The highest BCUT2D eigenvalue weighted by molar-refractivity contribution is 6.27. The lowest BCUT2D eigenvalue weighted by Crippen LogP contribution is -1.98. The number of benzene rings is 1. The van der Waals surface area contributed by atoms with Gasteiger partial charge in [0.05, 0.1) is 5.57 Å². The molecule has 0 spiro atoms. The van der Waals surface area contributed by atoms with Crippen molar-refractivity contribution in [2.75, 3.05) is 6.61 Å². The van der Waals surface area contributed by atoms with E-state index in [1.807, 2.05) is 42.5 Å². The molecule has 0 radical (unpaired) electrons. The van der Waals surface area contributed by atoms with E-state index in [1.165, 1.54) is 0 Å². The fraction of sp³-hybridized carbons (Fsp3) is 0.0667. The van der Waals surface area contributed by atoms with Gasteiger partial charge in [-0.05, 0) is 23.3 Å². The summed E-state index contributed by atoms with van der Waals surface area (Å²) in [5.41, 5.74) is 3.46. The molecule has 2 heterocycles. The summed E-state index contributed by atoms with van der Waals surface area (Å²) in [6.45, 7) is 0.334. The molecule has 1 aliphatic rings. The SMILES string of the molecule is O=C1OCC(c2ccccc2)=C1c1ccncc1. The average Bonchev–Trinajstić information content (AvgIpc) is 2.83. The Balaban J connectivity index is 2.16. The van der Waals surface area contributed by atoms with Gasteiger partial charge in [-0.15, -0.1) is 0 Å². The van der Waals surface area contributed by atoms with Gasteiger partial charge in [0, 0.05) is 18.0 Å². The van der Waals surface area contributed by atoms with Crippen molar-refractivity contribution < 1.29 is 9.53 Å². The maximum Gasteiger partial charge on any atom is 0.339 e. The highest BCUT2D eigenvalue weighted by Gasteiger charge is 2.26. The maximum absolute atomic E-state index is 11.9. The van der Waals surface area contributed by atoms with E-state index in [9.17, 15) is 4.79 Å². The normalized spacial score (nSPS) is 14.8. The highest BCUT2D eigenvalue weighted by atomic mass is 16.5. The summed E-state index contributed by atoms with van der Waals surface area (Å²) in [6, 6.07) is 13.5. The summed E-state index contributed by atoms with van der Waals surface area (Å²) >= 11 is 0. The Morgan fingerprint density at radius 3 is 2.39 bits per heavy atom. The molecule has 0 bridgehead atoms. The summed E-state index contributed by atoms with van der Waals surface area (Å²) in [5, 5.41) is 0. The molecule has 0 aliphatic carbocycles. The Morgan fingerprint density at radius 1 is 0.944 bits per heavy atom. The Morgan fingerprint density at radius 2 is 1.67 bits per heavy atom. The number of ether oxygens (including phenoxy) is 1. The van der Waals surface area contributed by atoms with E-state index in [0.717, 1.165) is 16.7 Å². The Labute approximate surface area is 105 Å². The molecular formula is C15H11NO2. The standard InChI is InChI=1S/C15H11NO2/c17-15-14(12-6-8-16-9-7-12)13(10-18-15)11-4-2-1-3-5-11/h1-9H,10H2. The molecule has 0 unspecified atom stereocenters. The van der Waals surface area contributed by atoms with Crippen LogP contribution in [0.4, 0.5) is 0 Å². The first kappa shape index (κ1) is 10.7. The molecule has 2 aromatic rings. The highest BCUT2D eigenvalue weighted by Crippen LogP contribution is 2.32. The lowest BCUT2D eigenvalue weighted by Gasteiger charge is -2.03. The number of hydrogen-bond donors (Lipinski definition) is 0. The van der Waals surface area contributed by atoms with Crippen LogP contribution in [0.25, 0.3) is 11.1 Å². The largest absolute Gasteiger partial charge is 0.457 e. The molecule has 3 rings (SSSR count). The minimum atomic E-state index is -0.264. The van der Waals surface area contributed by atoms with Crippen LogP contribution in [0, 0.1) is 0 Å². The van der Waals surface area contributed by atoms with Gasteiger partial charge in [-0.1, -0.05) is 30.3 Å². The zero-order valence-corrected chi connectivity index (χ0v) is 9.67. The van der Waals surface area contributed by atoms with Gasteiger partial charge in [0.2, 0.25) is 0 Å². The smallest absolute Gasteiger partial charge is 0.339 e. The van der Waals surface area contributed by atoms with Crippen molar-refractivity contribution in [1.29, 1.82) is 0 Å². The zero-order chi connectivity index (χ0) is 12.4. The van der Waals surface area contributed by atoms with Gasteiger partial charge in [0.25, 0.3) is 0 Å². The van der Waals surface area contributed by atoms with Crippen LogP contribution >= 0.6 is 0 Å². The fourth-order valence-corrected chi connectivity index (χ4v) is 2.08. The van der Waals surface area contributed by atoms with E-state index in [1.54, 1.807) is 12.4 Å². The van der Waals surface area contributed by atoms with Crippen molar-refractivity contribution in [2.45, 2.75) is 0 Å². The van der Waals surface area contributed by atoms with E-state index in [0.29, 0.717) is 12.2 Å². The Hall–Kier alpha value is -2.42. The second-order valence-corrected chi connectivity index (χ2v) is 4.03. The number of rotatable bonds is 2. The van der Waals surface area contributed by atoms with Gasteiger partial charge < -0.3 is 4.74 Å². The molecule has 0 saturated carbocycles. The molecule has 0 amide bonds. The molecule has 1 aliphatic heterocycles. The molecule has 0 fully saturated rings. The lowest BCUT2D eigenvalue weighted by atomic mass is 9.97. The first-order valence-electron chi connectivity index (χ1n) is 5.72. The quantitative estimate of drug-likeness (QED) is 0.753. The molecule has 0 atom stereocenters. The van der Waals surface area contributed by atoms with Crippen molar-refractivity contribution in [2.24, 2.45) is 0 Å². The molecule has 0 N–H and O–H groups in total. The molecule has 1 aromatic carbocycles. The van der Waals surface area contributed by atoms with Crippen molar-refractivity contribution >= 4 is 17.1 Å². The molecule has 18 heavy (non-hydrogen) atoms. The van der Waals surface area contributed by atoms with Crippen LogP contribution < -0.4 is 0 Å². The zero-order valence-electron chi connectivity index (χ0n) is 9.67. The van der Waals surface area contributed by atoms with Crippen molar-refractivity contribution in [1.82, 2.24) is 4.98 Å². The van der Waals surface area contributed by atoms with Gasteiger partial charge in [-0.25, -0.2) is 4.79 Å². The number of esters is 1. The first-order valence-corrected chi connectivity index (χ1v) is 5.72. The summed E-state index contributed by atoms with van der Waals surface area (Å²) in [5.74, 6) is -0.264. The summed E-state index contributed by atoms with van der Waals surface area (Å²) in [7, 11) is 0. The predicted molar refractivity (Wildman–Crippen MR) is 68.5 cm³/mol. The topological polar surface area (TPSA) is 39.2 Å². The van der Waals surface area contributed by atoms with Crippen LogP contribution in [-0.2, 0) is 9.53 Å². The van der Waals surface area contributed by atoms with E-state index in [-0.39, 0.29) is 5.97 Å². The van der Waals surface area contributed by atoms with Gasteiger partial charge in [-0.2, -0.15) is 0 Å². The molecule has 0 saturated heterocycles. The van der Waals surface area contributed by atoms with E-state index in [4.69, 9.17) is 4.74 Å². The minimum absolute atomic E-state index is 0.264. The van der Waals surface area contributed by atoms with Crippen LogP contribution in [-0.4, -0.2) is 17.6 Å². The van der Waals surface area contributed by atoms with Crippen LogP contribution in [0.3, 0.4) is 0 Å². The van der Waals surface area contributed by atoms with Gasteiger partial charge in [-0.3, -0.25) is 4.98 Å². The molecule has 3 heteroatoms. The third kappa shape index (κ3) is 1.80. The molecule has 3 nitrogen and oxygen atoms in total. The monoisotopic (exact) mass is 237 g/mol. The third-order valence-corrected chi connectivity index (χ3v) is 2.94. The van der Waals surface area contributed by atoms with Gasteiger partial charge >= 0.3 is 5.97 Å². The summed E-state index contributed by atoms with van der Waals surface area (Å²) in [4.78, 5) is 15.8. The summed E-state index contributed by atoms with van der Waals surface area (Å²) < 4.78 is 5.15. The first-order chi connectivity index (χ1) is 8.86. The van der Waals surface area contributed by atoms with E-state index < -0.39 is 0 Å². The van der Waals surface area contributed by atoms with Gasteiger partial charge in [0.15, 0.2) is 0 Å². The maximum atomic E-state index is 11.9. The molecule has 88 valence electrons. The number of carbonyl (C=O) groups is 1. The van der Waals surface area contributed by atoms with Crippen LogP contribution in [0.5, 0.6) is 0 Å². The number of aromatic nitrogens is 1. The fourth-order valence-electron chi connectivity index (χ4n) is 2.08. The van der Waals surface area contributed by atoms with E-state index >= 15 is 0 Å². The van der Waals surface area contributed by atoms with Crippen molar-refractivity contribution in [3.05, 3.63) is 66.0 Å². The molecular weight excluding hydrogens is 226 g/mol. The number of cyclic esters (lactones) is 1. The third-order valence-electron chi connectivity index (χ3n) is 2.94. The number of carbonyl (C=O) groups excluding carboxylic acids is 1. The van der Waals surface area contributed by atoms with Gasteiger partial charge in [0.1, 0.15) is 6.61 Å². The number of nitrogens with zero attached hydrogens (tertiary/aromatic N) is 1. The minimum Gasteiger partial charge on any atom is -0.457 e. The second-order valence-electron chi connectivity index (χ2n) is 4.03. The number of hydrogen-bond acceptors (Lipinski definition) is 3. The average molecular weight is 237 g/mol. The predicted octanol–water partition coefficient (Wildman–Crippen LogP) is 2.55. The Kier molecular flexibility index (Phi) is 2.65. The van der Waals surface area contributed by atoms with Crippen LogP contribution in [0.15, 0.2) is 54.9 Å².